The molecule has 0 bridgehead atoms. The Morgan fingerprint density at radius 2 is 1.48 bits per heavy atom. The molecule has 3 rings (SSSR count). The second-order valence-corrected chi connectivity index (χ2v) is 6.88. The maximum absolute atomic E-state index is 12.4. The number of amides is 2. The number of unbranched alkanes of at least 4 members (excludes halogenated alkanes) is 1. The fourth-order valence-corrected chi connectivity index (χ4v) is 3.19. The lowest BCUT2D eigenvalue weighted by molar-refractivity contribution is 0.0951. The van der Waals surface area contributed by atoms with Crippen molar-refractivity contribution >= 4 is 23.2 Å². The zero-order valence-electron chi connectivity index (χ0n) is 15.8. The summed E-state index contributed by atoms with van der Waals surface area (Å²) in [7, 11) is 0. The SMILES string of the molecule is CCCCNC(=O)c1ccc(C(=O)Nc2ccc(N3CCCC3)cc2)cc1. The Kier molecular flexibility index (Phi) is 6.47. The molecule has 2 amide bonds. The van der Waals surface area contributed by atoms with Gasteiger partial charge in [0.15, 0.2) is 0 Å². The normalized spacial score (nSPS) is 13.4. The standard InChI is InChI=1S/C22H27N3O2/c1-2-3-14-23-21(26)17-6-8-18(9-7-17)22(27)24-19-10-12-20(13-11-19)25-15-4-5-16-25/h6-13H,2-5,14-16H2,1H3,(H,23,26)(H,24,27). The van der Waals surface area contributed by atoms with Crippen LogP contribution in [0.2, 0.25) is 0 Å². The summed E-state index contributed by atoms with van der Waals surface area (Å²) in [6.45, 7) is 4.96. The molecule has 0 atom stereocenters. The van der Waals surface area contributed by atoms with Gasteiger partial charge in [-0.3, -0.25) is 9.59 Å². The fraction of sp³-hybridized carbons (Fsp3) is 0.364. The molecule has 2 aromatic carbocycles. The Morgan fingerprint density at radius 1 is 0.889 bits per heavy atom. The number of nitrogens with one attached hydrogen (secondary N) is 2. The van der Waals surface area contributed by atoms with Crippen LogP contribution in [0.3, 0.4) is 0 Å². The van der Waals surface area contributed by atoms with Crippen LogP contribution in [0.25, 0.3) is 0 Å². The van der Waals surface area contributed by atoms with Crippen molar-refractivity contribution in [3.8, 4) is 0 Å². The Hall–Kier alpha value is -2.82. The fourth-order valence-electron chi connectivity index (χ4n) is 3.19. The van der Waals surface area contributed by atoms with Crippen LogP contribution in [-0.4, -0.2) is 31.4 Å². The predicted octanol–water partition coefficient (Wildman–Crippen LogP) is 4.07. The van der Waals surface area contributed by atoms with E-state index < -0.39 is 0 Å². The molecule has 5 nitrogen and oxygen atoms in total. The summed E-state index contributed by atoms with van der Waals surface area (Å²) in [5.74, 6) is -0.283. The van der Waals surface area contributed by atoms with E-state index in [0.717, 1.165) is 31.6 Å². The summed E-state index contributed by atoms with van der Waals surface area (Å²) in [6.07, 6.45) is 4.48. The molecule has 0 unspecified atom stereocenters. The number of carbonyl (C=O) groups is 2. The van der Waals surface area contributed by atoms with Gasteiger partial charge >= 0.3 is 0 Å². The number of rotatable bonds is 7. The summed E-state index contributed by atoms with van der Waals surface area (Å²) in [5, 5.41) is 5.78. The van der Waals surface area contributed by atoms with Gasteiger partial charge in [-0.2, -0.15) is 0 Å². The molecule has 0 spiro atoms. The van der Waals surface area contributed by atoms with Crippen LogP contribution in [0, 0.1) is 0 Å². The van der Waals surface area contributed by atoms with E-state index in [1.165, 1.54) is 18.5 Å². The third-order valence-electron chi connectivity index (χ3n) is 4.82. The molecule has 0 radical (unpaired) electrons. The molecule has 2 aromatic rings. The minimum atomic E-state index is -0.179. The minimum absolute atomic E-state index is 0.104. The van der Waals surface area contributed by atoms with Gasteiger partial charge in [0.05, 0.1) is 0 Å². The van der Waals surface area contributed by atoms with Crippen molar-refractivity contribution in [3.05, 3.63) is 59.7 Å². The van der Waals surface area contributed by atoms with Crippen molar-refractivity contribution in [2.45, 2.75) is 32.6 Å². The van der Waals surface area contributed by atoms with E-state index in [0.29, 0.717) is 17.7 Å². The topological polar surface area (TPSA) is 61.4 Å². The zero-order chi connectivity index (χ0) is 19.1. The molecule has 0 saturated carbocycles. The van der Waals surface area contributed by atoms with Gasteiger partial charge < -0.3 is 15.5 Å². The summed E-state index contributed by atoms with van der Waals surface area (Å²) in [6, 6.07) is 14.7. The Morgan fingerprint density at radius 3 is 2.07 bits per heavy atom. The Labute approximate surface area is 160 Å². The van der Waals surface area contributed by atoms with Gasteiger partial charge in [-0.25, -0.2) is 0 Å². The Bertz CT molecular complexity index is 763. The van der Waals surface area contributed by atoms with Crippen molar-refractivity contribution in [1.29, 1.82) is 0 Å². The molecule has 1 fully saturated rings. The lowest BCUT2D eigenvalue weighted by atomic mass is 10.1. The average molecular weight is 365 g/mol. The molecule has 1 saturated heterocycles. The average Bonchev–Trinajstić information content (AvgIpc) is 3.23. The third kappa shape index (κ3) is 5.09. The van der Waals surface area contributed by atoms with E-state index in [1.807, 2.05) is 24.3 Å². The van der Waals surface area contributed by atoms with E-state index in [1.54, 1.807) is 24.3 Å². The first kappa shape index (κ1) is 19.0. The van der Waals surface area contributed by atoms with Gasteiger partial charge in [0.2, 0.25) is 0 Å². The highest BCUT2D eigenvalue weighted by Gasteiger charge is 2.13. The summed E-state index contributed by atoms with van der Waals surface area (Å²) in [4.78, 5) is 26.8. The largest absolute Gasteiger partial charge is 0.372 e. The van der Waals surface area contributed by atoms with E-state index in [-0.39, 0.29) is 11.8 Å². The molecule has 142 valence electrons. The van der Waals surface area contributed by atoms with E-state index >= 15 is 0 Å². The maximum atomic E-state index is 12.4. The molecule has 1 aliphatic heterocycles. The van der Waals surface area contributed by atoms with Gasteiger partial charge in [0, 0.05) is 42.1 Å². The molecule has 27 heavy (non-hydrogen) atoms. The van der Waals surface area contributed by atoms with Gasteiger partial charge in [-0.05, 0) is 67.8 Å². The monoisotopic (exact) mass is 365 g/mol. The molecule has 1 heterocycles. The zero-order valence-corrected chi connectivity index (χ0v) is 15.8. The Balaban J connectivity index is 1.56. The van der Waals surface area contributed by atoms with Gasteiger partial charge in [0.25, 0.3) is 11.8 Å². The van der Waals surface area contributed by atoms with Gasteiger partial charge in [-0.15, -0.1) is 0 Å². The highest BCUT2D eigenvalue weighted by molar-refractivity contribution is 6.05. The van der Waals surface area contributed by atoms with Crippen LogP contribution in [-0.2, 0) is 0 Å². The first-order valence-corrected chi connectivity index (χ1v) is 9.72. The highest BCUT2D eigenvalue weighted by atomic mass is 16.2. The maximum Gasteiger partial charge on any atom is 0.255 e. The van der Waals surface area contributed by atoms with Crippen LogP contribution in [0.1, 0.15) is 53.3 Å². The molecular weight excluding hydrogens is 338 g/mol. The second kappa shape index (κ2) is 9.21. The number of benzene rings is 2. The minimum Gasteiger partial charge on any atom is -0.372 e. The first-order chi connectivity index (χ1) is 13.2. The molecule has 5 heteroatoms. The van der Waals surface area contributed by atoms with Crippen LogP contribution in [0.4, 0.5) is 11.4 Å². The van der Waals surface area contributed by atoms with Crippen molar-refractivity contribution in [2.75, 3.05) is 29.9 Å². The van der Waals surface area contributed by atoms with Crippen LogP contribution in [0.5, 0.6) is 0 Å². The quantitative estimate of drug-likeness (QED) is 0.727. The van der Waals surface area contributed by atoms with Gasteiger partial charge in [-0.1, -0.05) is 13.3 Å². The van der Waals surface area contributed by atoms with Crippen molar-refractivity contribution in [2.24, 2.45) is 0 Å². The van der Waals surface area contributed by atoms with Crippen LogP contribution >= 0.6 is 0 Å². The summed E-state index contributed by atoms with van der Waals surface area (Å²) < 4.78 is 0. The van der Waals surface area contributed by atoms with E-state index in [2.05, 4.69) is 22.5 Å². The van der Waals surface area contributed by atoms with E-state index in [9.17, 15) is 9.59 Å². The molecule has 0 aromatic heterocycles. The van der Waals surface area contributed by atoms with E-state index in [4.69, 9.17) is 0 Å². The summed E-state index contributed by atoms with van der Waals surface area (Å²) in [5.41, 5.74) is 3.06. The lowest BCUT2D eigenvalue weighted by Crippen LogP contribution is -2.24. The first-order valence-electron chi connectivity index (χ1n) is 9.72. The smallest absolute Gasteiger partial charge is 0.255 e. The number of nitrogens with zero attached hydrogens (tertiary/aromatic N) is 1. The number of hydrogen-bond donors (Lipinski definition) is 2. The van der Waals surface area contributed by atoms with Crippen molar-refractivity contribution < 1.29 is 9.59 Å². The predicted molar refractivity (Wildman–Crippen MR) is 110 cm³/mol. The van der Waals surface area contributed by atoms with Crippen LogP contribution in [0.15, 0.2) is 48.5 Å². The third-order valence-corrected chi connectivity index (χ3v) is 4.82. The number of anilines is 2. The molecule has 1 aliphatic rings. The van der Waals surface area contributed by atoms with Gasteiger partial charge in [0.1, 0.15) is 0 Å². The van der Waals surface area contributed by atoms with Crippen molar-refractivity contribution in [1.82, 2.24) is 5.32 Å². The summed E-state index contributed by atoms with van der Waals surface area (Å²) >= 11 is 0. The number of hydrogen-bond acceptors (Lipinski definition) is 3. The molecule has 2 N–H and O–H groups in total. The molecular formula is C22H27N3O2. The van der Waals surface area contributed by atoms with Crippen LogP contribution < -0.4 is 15.5 Å². The lowest BCUT2D eigenvalue weighted by Gasteiger charge is -2.17. The van der Waals surface area contributed by atoms with Crippen molar-refractivity contribution in [3.63, 3.8) is 0 Å². The second-order valence-electron chi connectivity index (χ2n) is 6.88. The number of carbonyl (C=O) groups excluding carboxylic acids is 2. The molecule has 0 aliphatic carbocycles. The highest BCUT2D eigenvalue weighted by Crippen LogP contribution is 2.22.